The van der Waals surface area contributed by atoms with Crippen molar-refractivity contribution < 1.29 is 94.3 Å². The van der Waals surface area contributed by atoms with Crippen molar-refractivity contribution in [3.63, 3.8) is 0 Å². The summed E-state index contributed by atoms with van der Waals surface area (Å²) in [6.07, 6.45) is -12.4. The summed E-state index contributed by atoms with van der Waals surface area (Å²) in [5.41, 5.74) is 8.97. The lowest BCUT2D eigenvalue weighted by Crippen LogP contribution is -2.46. The summed E-state index contributed by atoms with van der Waals surface area (Å²) < 4.78 is 85.5. The summed E-state index contributed by atoms with van der Waals surface area (Å²) in [7, 11) is -21.8. The number of fused-ring (bicyclic) bond motifs is 2. The second-order valence-corrected chi connectivity index (χ2v) is 17.7. The molecule has 0 spiro atoms. The highest BCUT2D eigenvalue weighted by Gasteiger charge is 2.52. The Bertz CT molecular complexity index is 2470. The molecule has 0 bridgehead atoms. The molecule has 2 aliphatic rings. The molecule has 2 saturated heterocycles. The number of hydrogen-bond acceptors (Lipinski definition) is 21. The molecular formula is C21H31N10O21P4+. The fourth-order valence-corrected chi connectivity index (χ4v) is 9.81. The van der Waals surface area contributed by atoms with Crippen molar-refractivity contribution in [3.05, 3.63) is 33.4 Å². The predicted molar refractivity (Wildman–Crippen MR) is 175 cm³/mol. The minimum Gasteiger partial charge on any atom is -0.387 e. The molecule has 56 heavy (non-hydrogen) atoms. The second kappa shape index (κ2) is 15.1. The Balaban J connectivity index is 1.09. The van der Waals surface area contributed by atoms with Gasteiger partial charge in [0.1, 0.15) is 36.6 Å². The molecule has 6 heterocycles. The van der Waals surface area contributed by atoms with Gasteiger partial charge in [0, 0.05) is 0 Å². The van der Waals surface area contributed by atoms with Crippen molar-refractivity contribution in [3.8, 4) is 0 Å². The van der Waals surface area contributed by atoms with E-state index in [9.17, 15) is 67.6 Å². The van der Waals surface area contributed by atoms with Gasteiger partial charge in [0.2, 0.25) is 17.7 Å². The number of phosphoric ester groups is 3. The molecule has 11 atom stereocenters. The van der Waals surface area contributed by atoms with E-state index in [4.69, 9.17) is 20.9 Å². The molecule has 310 valence electrons. The Morgan fingerprint density at radius 3 is 2.05 bits per heavy atom. The maximum Gasteiger partial charge on any atom is 0.490 e. The second-order valence-electron chi connectivity index (χ2n) is 11.9. The molecule has 0 aliphatic carbocycles. The zero-order valence-corrected chi connectivity index (χ0v) is 31.3. The quantitative estimate of drug-likeness (QED) is 0.0420. The molecule has 0 radical (unpaired) electrons. The molecule has 4 aromatic rings. The Labute approximate surface area is 308 Å². The Kier molecular flexibility index (Phi) is 11.4. The van der Waals surface area contributed by atoms with Crippen LogP contribution in [0.4, 0.5) is 11.9 Å². The van der Waals surface area contributed by atoms with Gasteiger partial charge in [-0.2, -0.15) is 13.6 Å². The molecular weight excluding hydrogens is 852 g/mol. The lowest BCUT2D eigenvalue weighted by molar-refractivity contribution is -0.745. The van der Waals surface area contributed by atoms with Crippen molar-refractivity contribution in [2.24, 2.45) is 7.05 Å². The van der Waals surface area contributed by atoms with Crippen LogP contribution in [0.15, 0.2) is 22.2 Å². The molecule has 2 fully saturated rings. The summed E-state index contributed by atoms with van der Waals surface area (Å²) in [5, 5.41) is 32.0. The highest BCUT2D eigenvalue weighted by molar-refractivity contribution is 7.66. The number of aliphatic hydroxyl groups is 3. The first-order chi connectivity index (χ1) is 25.9. The molecule has 35 heteroatoms. The van der Waals surface area contributed by atoms with Crippen molar-refractivity contribution in [2.45, 2.75) is 49.1 Å². The van der Waals surface area contributed by atoms with E-state index in [0.717, 1.165) is 15.5 Å². The van der Waals surface area contributed by atoms with Crippen LogP contribution in [0, 0.1) is 0 Å². The summed E-state index contributed by atoms with van der Waals surface area (Å²) in [6, 6.07) is 0. The number of aromatic amines is 2. The van der Waals surface area contributed by atoms with Gasteiger partial charge in [-0.3, -0.25) is 42.3 Å². The third-order valence-corrected chi connectivity index (χ3v) is 12.7. The monoisotopic (exact) mass is 883 g/mol. The molecule has 31 nitrogen and oxygen atoms in total. The number of aliphatic hydroxyl groups excluding tert-OH is 3. The predicted octanol–water partition coefficient (Wildman–Crippen LogP) is -4.43. The van der Waals surface area contributed by atoms with E-state index in [0.29, 0.717) is 0 Å². The van der Waals surface area contributed by atoms with Crippen LogP contribution in [-0.2, 0) is 57.0 Å². The number of aromatic nitrogens is 8. The first kappa shape index (κ1) is 42.2. The lowest BCUT2D eigenvalue weighted by atomic mass is 10.1. The Morgan fingerprint density at radius 1 is 0.839 bits per heavy atom. The van der Waals surface area contributed by atoms with Crippen LogP contribution in [0.25, 0.3) is 22.3 Å². The lowest BCUT2D eigenvalue weighted by Gasteiger charge is -2.22. The van der Waals surface area contributed by atoms with Gasteiger partial charge in [0.15, 0.2) is 23.7 Å². The zero-order valence-electron chi connectivity index (χ0n) is 27.7. The van der Waals surface area contributed by atoms with Gasteiger partial charge >= 0.3 is 36.9 Å². The number of imidazole rings is 2. The van der Waals surface area contributed by atoms with E-state index in [1.54, 1.807) is 0 Å². The zero-order chi connectivity index (χ0) is 41.3. The minimum absolute atomic E-state index is 0.0151. The van der Waals surface area contributed by atoms with Gasteiger partial charge in [-0.05, 0) is 0 Å². The smallest absolute Gasteiger partial charge is 0.387 e. The third-order valence-electron chi connectivity index (χ3n) is 7.91. The number of rotatable bonds is 14. The molecule has 3 unspecified atom stereocenters. The molecule has 14 N–H and O–H groups in total. The van der Waals surface area contributed by atoms with Gasteiger partial charge in [-0.1, -0.05) is 4.98 Å². The molecule has 4 aromatic heterocycles. The largest absolute Gasteiger partial charge is 0.490 e. The molecule has 2 aliphatic heterocycles. The van der Waals surface area contributed by atoms with Gasteiger partial charge in [0.05, 0.1) is 26.6 Å². The molecule has 0 amide bonds. The average molecular weight is 883 g/mol. The summed E-state index contributed by atoms with van der Waals surface area (Å²) >= 11 is 0. The molecule has 6 rings (SSSR count). The van der Waals surface area contributed by atoms with Crippen molar-refractivity contribution >= 4 is 65.5 Å². The van der Waals surface area contributed by atoms with E-state index in [-0.39, 0.29) is 28.3 Å². The van der Waals surface area contributed by atoms with Crippen LogP contribution in [0.2, 0.25) is 0 Å². The van der Waals surface area contributed by atoms with Gasteiger partial charge in [-0.15, -0.1) is 0 Å². The highest BCUT2D eigenvalue weighted by Crippen LogP contribution is 2.68. The number of anilines is 2. The topological polar surface area (TPSA) is 465 Å². The van der Waals surface area contributed by atoms with Crippen LogP contribution in [0.1, 0.15) is 12.5 Å². The summed E-state index contributed by atoms with van der Waals surface area (Å²) in [6.45, 7) is -2.45. The number of ether oxygens (including phenoxy) is 2. The van der Waals surface area contributed by atoms with Gasteiger partial charge in [-0.25, -0.2) is 27.8 Å². The SMILES string of the molecule is Cn1c[n+]([C@@H]2O[C@H](COP(=O)(O)OP(=O)(O)OP(=O)(O)OC[C@H]3O[C@@H](n4cnc5c(=O)[nH]c(N)nc54)[C@H](O)[C@@H]3OP(=O)(O)O)[C@@H](O)[C@H]2O)c2nc(N)[nH]c(=O)c21. The standard InChI is InChI=1S/C21H30N10O21P4/c1-29-5-31(15-9(29)17(36)28-21(23)26-15)18-11(33)10(32)6(48-18)2-46-54(40,41)51-56(44,45)52-55(42,43)47-3-7-13(50-53(37,38)39)12(34)19(49-7)30-4-24-8-14(30)25-20(22)27-16(8)35/h4-7,10-13,18-19,32-34H,2-3H2,1H3,(H10-,22,23,25,26,27,28,35,36,37,38,39,40,41,42,43,44,45)/p+1/t6-,7-,10-,11-,12-,13-,18-,19-/m1/s1. The van der Waals surface area contributed by atoms with E-state index >= 15 is 0 Å². The van der Waals surface area contributed by atoms with E-state index in [1.165, 1.54) is 17.9 Å². The van der Waals surface area contributed by atoms with Crippen molar-refractivity contribution in [1.29, 1.82) is 0 Å². The van der Waals surface area contributed by atoms with Gasteiger partial charge < -0.3 is 60.7 Å². The number of hydrogen-bond donors (Lipinski definition) is 12. The normalized spacial score (nSPS) is 29.1. The van der Waals surface area contributed by atoms with Crippen LogP contribution in [0.5, 0.6) is 0 Å². The van der Waals surface area contributed by atoms with E-state index < -0.39 is 111 Å². The number of aryl methyl sites for hydroxylation is 1. The Hall–Kier alpha value is -3.38. The summed E-state index contributed by atoms with van der Waals surface area (Å²) in [5.74, 6) is -0.703. The first-order valence-corrected chi connectivity index (χ1v) is 21.1. The maximum absolute atomic E-state index is 12.6. The first-order valence-electron chi connectivity index (χ1n) is 15.1. The molecule has 0 aromatic carbocycles. The van der Waals surface area contributed by atoms with E-state index in [2.05, 4.69) is 47.1 Å². The van der Waals surface area contributed by atoms with Gasteiger partial charge in [0.25, 0.3) is 17.1 Å². The third kappa shape index (κ3) is 8.86. The number of phosphoric acid groups is 4. The van der Waals surface area contributed by atoms with Crippen molar-refractivity contribution in [2.75, 3.05) is 24.7 Å². The number of nitrogen functional groups attached to an aromatic ring is 2. The number of nitrogens with two attached hydrogens (primary N) is 2. The summed E-state index contributed by atoms with van der Waals surface area (Å²) in [4.78, 5) is 89.6. The maximum atomic E-state index is 12.6. The fourth-order valence-electron chi connectivity index (χ4n) is 5.71. The Morgan fingerprint density at radius 2 is 1.43 bits per heavy atom. The minimum atomic E-state index is -6.13. The van der Waals surface area contributed by atoms with Crippen LogP contribution >= 0.6 is 31.3 Å². The van der Waals surface area contributed by atoms with Crippen molar-refractivity contribution in [1.82, 2.24) is 34.1 Å². The number of nitrogens with one attached hydrogen (secondary N) is 2. The highest BCUT2D eigenvalue weighted by atomic mass is 31.3. The average Bonchev–Trinajstić information content (AvgIpc) is 3.77. The molecule has 0 saturated carbocycles. The van der Waals surface area contributed by atoms with Crippen LogP contribution < -0.4 is 27.2 Å². The number of nitrogens with zero attached hydrogens (tertiary/aromatic N) is 6. The van der Waals surface area contributed by atoms with E-state index in [1.807, 2.05) is 0 Å². The fraction of sp³-hybridized carbons (Fsp3) is 0.524. The van der Waals surface area contributed by atoms with Crippen LogP contribution in [0.3, 0.4) is 0 Å². The number of H-pyrrole nitrogens is 2. The van der Waals surface area contributed by atoms with Crippen LogP contribution in [-0.4, -0.2) is 124 Å².